The average Bonchev–Trinajstić information content (AvgIpc) is 2.77. The van der Waals surface area contributed by atoms with Crippen LogP contribution in [0.25, 0.3) is 0 Å². The van der Waals surface area contributed by atoms with Gasteiger partial charge in [0.25, 0.3) is 0 Å². The van der Waals surface area contributed by atoms with Gasteiger partial charge in [-0.15, -0.1) is 0 Å². The Morgan fingerprint density at radius 3 is 2.10 bits per heavy atom. The second kappa shape index (κ2) is 7.69. The lowest BCUT2D eigenvalue weighted by atomic mass is 9.68. The van der Waals surface area contributed by atoms with Crippen molar-refractivity contribution in [3.8, 4) is 5.75 Å². The number of allylic oxidation sites excluding steroid dienone is 2. The lowest BCUT2D eigenvalue weighted by molar-refractivity contribution is 0.121. The van der Waals surface area contributed by atoms with Gasteiger partial charge in [0.05, 0.1) is 0 Å². The first-order valence-corrected chi connectivity index (χ1v) is 13.0. The molecule has 1 heterocycles. The Hall–Kier alpha value is -2.41. The van der Waals surface area contributed by atoms with Crippen molar-refractivity contribution in [2.75, 3.05) is 0 Å². The summed E-state index contributed by atoms with van der Waals surface area (Å²) in [6.07, 6.45) is 6.99. The molecule has 1 aliphatic carbocycles. The molecule has 150 valence electrons. The quantitative estimate of drug-likeness (QED) is 0.456. The Morgan fingerprint density at radius 1 is 0.833 bits per heavy atom. The van der Waals surface area contributed by atoms with Crippen LogP contribution in [-0.4, -0.2) is 16.3 Å². The Kier molecular flexibility index (Phi) is 5.01. The van der Waals surface area contributed by atoms with Crippen LogP contribution in [0.3, 0.4) is 0 Å². The number of hydrogen-bond acceptors (Lipinski definition) is 1. The highest BCUT2D eigenvalue weighted by Crippen LogP contribution is 2.49. The van der Waals surface area contributed by atoms with Crippen LogP contribution in [0.1, 0.15) is 19.4 Å². The third-order valence-corrected chi connectivity index (χ3v) is 9.85. The summed E-state index contributed by atoms with van der Waals surface area (Å²) in [6, 6.07) is 28.6. The van der Waals surface area contributed by atoms with Crippen molar-refractivity contribution in [2.45, 2.75) is 25.4 Å². The summed E-state index contributed by atoms with van der Waals surface area (Å²) >= 11 is 0. The molecule has 0 saturated carbocycles. The molecule has 0 saturated heterocycles. The van der Waals surface area contributed by atoms with Crippen LogP contribution in [0.4, 0.5) is 0 Å². The molecule has 1 aliphatic heterocycles. The van der Waals surface area contributed by atoms with Crippen molar-refractivity contribution in [2.24, 2.45) is 5.92 Å². The van der Waals surface area contributed by atoms with Crippen molar-refractivity contribution < 1.29 is 4.74 Å². The Morgan fingerprint density at radius 2 is 1.47 bits per heavy atom. The van der Waals surface area contributed by atoms with E-state index in [2.05, 4.69) is 111 Å². The van der Waals surface area contributed by atoms with Gasteiger partial charge in [0.15, 0.2) is 0 Å². The Bertz CT molecular complexity index is 1080. The molecule has 0 radical (unpaired) electrons. The number of hydrogen-bond donors (Lipinski definition) is 0. The molecule has 0 bridgehead atoms. The summed E-state index contributed by atoms with van der Waals surface area (Å²) in [4.78, 5) is 0. The molecule has 0 aromatic heterocycles. The second-order valence-electron chi connectivity index (χ2n) is 8.74. The van der Waals surface area contributed by atoms with E-state index in [1.165, 1.54) is 26.7 Å². The molecule has 2 unspecified atom stereocenters. The third-order valence-electron chi connectivity index (χ3n) is 6.49. The highest BCUT2D eigenvalue weighted by atomic mass is 31.1. The molecule has 3 aromatic carbocycles. The van der Waals surface area contributed by atoms with Gasteiger partial charge >= 0.3 is 0 Å². The fourth-order valence-electron chi connectivity index (χ4n) is 4.81. The SMILES string of the molecule is CC1(C)c2cccc(P(c3ccccc3)c3ccccc3)c2OC2C([SiH3])=CC=CC21. The van der Waals surface area contributed by atoms with Crippen LogP contribution >= 0.6 is 7.92 Å². The summed E-state index contributed by atoms with van der Waals surface area (Å²) in [7, 11) is 0.335. The lowest BCUT2D eigenvalue weighted by Crippen LogP contribution is -2.47. The van der Waals surface area contributed by atoms with Crippen LogP contribution in [0.2, 0.25) is 0 Å². The third kappa shape index (κ3) is 3.19. The van der Waals surface area contributed by atoms with Gasteiger partial charge in [-0.2, -0.15) is 0 Å². The van der Waals surface area contributed by atoms with E-state index in [1.807, 2.05) is 0 Å². The molecular weight excluding hydrogens is 399 g/mol. The predicted octanol–water partition coefficient (Wildman–Crippen LogP) is 3.92. The van der Waals surface area contributed by atoms with Crippen molar-refractivity contribution >= 4 is 34.1 Å². The van der Waals surface area contributed by atoms with Crippen molar-refractivity contribution in [3.05, 3.63) is 108 Å². The molecule has 3 heteroatoms. The molecule has 0 N–H and O–H groups in total. The zero-order valence-corrected chi connectivity index (χ0v) is 20.6. The van der Waals surface area contributed by atoms with Crippen molar-refractivity contribution in [1.29, 1.82) is 0 Å². The van der Waals surface area contributed by atoms with E-state index in [9.17, 15) is 0 Å². The first-order valence-electron chi connectivity index (χ1n) is 10.6. The van der Waals surface area contributed by atoms with Gasteiger partial charge < -0.3 is 4.74 Å². The summed E-state index contributed by atoms with van der Waals surface area (Å²) in [5, 5.41) is 5.50. The zero-order chi connectivity index (χ0) is 20.7. The zero-order valence-electron chi connectivity index (χ0n) is 17.7. The molecule has 0 amide bonds. The molecular formula is C27H27OPSi. The fraction of sp³-hybridized carbons (Fsp3) is 0.185. The van der Waals surface area contributed by atoms with Crippen molar-refractivity contribution in [1.82, 2.24) is 0 Å². The topological polar surface area (TPSA) is 9.23 Å². The molecule has 5 rings (SSSR count). The average molecular weight is 427 g/mol. The molecule has 2 atom stereocenters. The fourth-order valence-corrected chi connectivity index (χ4v) is 7.89. The van der Waals surface area contributed by atoms with Gasteiger partial charge in [-0.3, -0.25) is 0 Å². The van der Waals surface area contributed by atoms with Gasteiger partial charge in [-0.05, 0) is 18.5 Å². The molecule has 2 aliphatic rings. The Balaban J connectivity index is 1.72. The number of rotatable bonds is 3. The van der Waals surface area contributed by atoms with Gasteiger partial charge in [-0.25, -0.2) is 0 Å². The second-order valence-corrected chi connectivity index (χ2v) is 12.1. The summed E-state index contributed by atoms with van der Waals surface area (Å²) in [5.74, 6) is 1.50. The molecule has 30 heavy (non-hydrogen) atoms. The van der Waals surface area contributed by atoms with Gasteiger partial charge in [-0.1, -0.05) is 116 Å². The monoisotopic (exact) mass is 426 g/mol. The van der Waals surface area contributed by atoms with E-state index in [4.69, 9.17) is 4.74 Å². The highest BCUT2D eigenvalue weighted by molar-refractivity contribution is 7.80. The highest BCUT2D eigenvalue weighted by Gasteiger charge is 2.45. The Labute approximate surface area is 183 Å². The number of fused-ring (bicyclic) bond motifs is 2. The maximum absolute atomic E-state index is 6.87. The minimum Gasteiger partial charge on any atom is -0.485 e. The minimum atomic E-state index is -0.692. The maximum Gasteiger partial charge on any atom is 0.132 e. The molecule has 3 aromatic rings. The number of para-hydroxylation sites is 1. The smallest absolute Gasteiger partial charge is 0.132 e. The van der Waals surface area contributed by atoms with Gasteiger partial charge in [0, 0.05) is 32.4 Å². The summed E-state index contributed by atoms with van der Waals surface area (Å²) in [5.41, 5.74) is 1.37. The van der Waals surface area contributed by atoms with E-state index in [0.29, 0.717) is 5.92 Å². The van der Waals surface area contributed by atoms with E-state index < -0.39 is 7.92 Å². The first-order chi connectivity index (χ1) is 14.6. The molecule has 0 fully saturated rings. The van der Waals surface area contributed by atoms with Gasteiger partial charge in [0.1, 0.15) is 11.9 Å². The maximum atomic E-state index is 6.87. The van der Waals surface area contributed by atoms with E-state index in [0.717, 1.165) is 16.0 Å². The van der Waals surface area contributed by atoms with Crippen LogP contribution < -0.4 is 20.7 Å². The first kappa shape index (κ1) is 19.5. The van der Waals surface area contributed by atoms with Crippen LogP contribution in [-0.2, 0) is 5.41 Å². The molecule has 0 spiro atoms. The predicted molar refractivity (Wildman–Crippen MR) is 133 cm³/mol. The number of ether oxygens (including phenoxy) is 1. The van der Waals surface area contributed by atoms with E-state index in [-0.39, 0.29) is 11.5 Å². The van der Waals surface area contributed by atoms with Crippen molar-refractivity contribution in [3.63, 3.8) is 0 Å². The van der Waals surface area contributed by atoms with E-state index >= 15 is 0 Å². The largest absolute Gasteiger partial charge is 0.485 e. The standard InChI is InChI=1S/C27H27OPSi/c1-27(2)21-15-9-17-23(25(21)28-26-22(27)16-10-18-24(26)30)29(19-11-5-3-6-12-19)20-13-7-4-8-14-20/h3-18,22,26H,1-2,30H3. The number of benzene rings is 3. The summed E-state index contributed by atoms with van der Waals surface area (Å²) < 4.78 is 6.87. The lowest BCUT2D eigenvalue weighted by Gasteiger charge is -2.46. The summed E-state index contributed by atoms with van der Waals surface area (Å²) in [6.45, 7) is 4.77. The van der Waals surface area contributed by atoms with Crippen LogP contribution in [0, 0.1) is 5.92 Å². The molecule has 1 nitrogen and oxygen atoms in total. The normalized spacial score (nSPS) is 21.5. The van der Waals surface area contributed by atoms with Crippen LogP contribution in [0.15, 0.2) is 102 Å². The van der Waals surface area contributed by atoms with E-state index in [1.54, 1.807) is 0 Å². The van der Waals surface area contributed by atoms with Crippen LogP contribution in [0.5, 0.6) is 5.75 Å². The van der Waals surface area contributed by atoms with Gasteiger partial charge in [0.2, 0.25) is 0 Å². The minimum absolute atomic E-state index is 0.0308.